The van der Waals surface area contributed by atoms with Gasteiger partial charge in [-0.3, -0.25) is 14.5 Å². The number of anilines is 1. The highest BCUT2D eigenvalue weighted by atomic mass is 16.1. The number of aromatic amines is 1. The molecule has 6 heteroatoms. The number of hydrogen-bond acceptors (Lipinski definition) is 4. The second-order valence-electron chi connectivity index (χ2n) is 2.86. The van der Waals surface area contributed by atoms with Gasteiger partial charge in [0.1, 0.15) is 0 Å². The van der Waals surface area contributed by atoms with Crippen molar-refractivity contribution in [3.8, 4) is 11.4 Å². The minimum absolute atomic E-state index is 0.105. The molecule has 3 N–H and O–H groups in total. The van der Waals surface area contributed by atoms with E-state index in [-0.39, 0.29) is 11.5 Å². The zero-order valence-electron chi connectivity index (χ0n) is 7.56. The maximum absolute atomic E-state index is 11.1. The maximum Gasteiger partial charge on any atom is 0.252 e. The van der Waals surface area contributed by atoms with Crippen LogP contribution >= 0.6 is 0 Å². The lowest BCUT2D eigenvalue weighted by Gasteiger charge is -2.00. The molecule has 0 saturated heterocycles. The van der Waals surface area contributed by atoms with Gasteiger partial charge in [-0.25, -0.2) is 4.98 Å². The van der Waals surface area contributed by atoms with Crippen LogP contribution in [0, 0.1) is 0 Å². The summed E-state index contributed by atoms with van der Waals surface area (Å²) in [6.45, 7) is 0. The molecule has 0 radical (unpaired) electrons. The smallest absolute Gasteiger partial charge is 0.252 e. The Morgan fingerprint density at radius 3 is 2.93 bits per heavy atom. The molecule has 0 fully saturated rings. The van der Waals surface area contributed by atoms with Crippen LogP contribution in [0.2, 0.25) is 0 Å². The van der Waals surface area contributed by atoms with E-state index in [1.54, 1.807) is 24.0 Å². The molecule has 2 heterocycles. The number of rotatable bonds is 1. The van der Waals surface area contributed by atoms with E-state index in [0.29, 0.717) is 5.69 Å². The molecule has 0 saturated carbocycles. The number of H-pyrrole nitrogens is 1. The summed E-state index contributed by atoms with van der Waals surface area (Å²) in [5.74, 6) is 0.105. The Bertz CT molecular complexity index is 512. The zero-order valence-corrected chi connectivity index (χ0v) is 7.56. The van der Waals surface area contributed by atoms with Crippen molar-refractivity contribution in [1.29, 1.82) is 0 Å². The molecule has 0 unspecified atom stereocenters. The van der Waals surface area contributed by atoms with Gasteiger partial charge in [0.15, 0.2) is 0 Å². The van der Waals surface area contributed by atoms with Gasteiger partial charge in [0.25, 0.3) is 5.56 Å². The van der Waals surface area contributed by atoms with Crippen LogP contribution in [0.4, 0.5) is 5.95 Å². The van der Waals surface area contributed by atoms with Crippen molar-refractivity contribution in [3.05, 3.63) is 28.7 Å². The molecule has 0 bridgehead atoms. The van der Waals surface area contributed by atoms with Crippen molar-refractivity contribution >= 4 is 5.95 Å². The molecule has 2 aromatic rings. The first-order valence-corrected chi connectivity index (χ1v) is 4.02. The van der Waals surface area contributed by atoms with Crippen LogP contribution in [-0.2, 0) is 7.05 Å². The quantitative estimate of drug-likeness (QED) is 0.650. The monoisotopic (exact) mass is 191 g/mol. The van der Waals surface area contributed by atoms with Crippen LogP contribution in [-0.4, -0.2) is 19.7 Å². The lowest BCUT2D eigenvalue weighted by atomic mass is 10.3. The number of nitrogens with one attached hydrogen (secondary N) is 1. The first-order chi connectivity index (χ1) is 6.66. The van der Waals surface area contributed by atoms with Crippen molar-refractivity contribution in [2.45, 2.75) is 0 Å². The molecule has 6 nitrogen and oxygen atoms in total. The number of aryl methyl sites for hydroxylation is 1. The minimum atomic E-state index is -0.270. The number of nitrogens with two attached hydrogens (primary N) is 1. The number of aromatic nitrogens is 4. The van der Waals surface area contributed by atoms with Gasteiger partial charge in [0, 0.05) is 19.3 Å². The summed E-state index contributed by atoms with van der Waals surface area (Å²) in [5.41, 5.74) is 6.42. The highest BCUT2D eigenvalue weighted by Crippen LogP contribution is 2.13. The Morgan fingerprint density at radius 2 is 2.36 bits per heavy atom. The fourth-order valence-corrected chi connectivity index (χ4v) is 1.23. The van der Waals surface area contributed by atoms with Crippen LogP contribution in [0.1, 0.15) is 0 Å². The summed E-state index contributed by atoms with van der Waals surface area (Å²) >= 11 is 0. The van der Waals surface area contributed by atoms with Crippen LogP contribution in [0.5, 0.6) is 0 Å². The number of hydrogen-bond donors (Lipinski definition) is 2. The normalized spacial score (nSPS) is 10.4. The summed E-state index contributed by atoms with van der Waals surface area (Å²) in [6.07, 6.45) is 1.63. The first kappa shape index (κ1) is 8.49. The molecule has 0 aliphatic heterocycles. The van der Waals surface area contributed by atoms with E-state index < -0.39 is 0 Å². The molecule has 2 rings (SSSR count). The molecule has 0 aromatic carbocycles. The lowest BCUT2D eigenvalue weighted by Crippen LogP contribution is -2.11. The Morgan fingerprint density at radius 1 is 1.57 bits per heavy atom. The largest absolute Gasteiger partial charge is 0.369 e. The van der Waals surface area contributed by atoms with Crippen LogP contribution in [0.25, 0.3) is 11.4 Å². The summed E-state index contributed by atoms with van der Waals surface area (Å²) < 4.78 is 1.63. The van der Waals surface area contributed by atoms with Gasteiger partial charge in [-0.05, 0) is 6.07 Å². The standard InChI is InChI=1S/C8H9N5O/c1-13-6(2-3-10-13)5-4-7(14)12-8(9)11-5/h2-4H,1H3,(H3,9,11,12,14). The van der Waals surface area contributed by atoms with Gasteiger partial charge in [0.05, 0.1) is 11.4 Å². The third-order valence-electron chi connectivity index (χ3n) is 1.84. The van der Waals surface area contributed by atoms with Crippen molar-refractivity contribution in [3.63, 3.8) is 0 Å². The van der Waals surface area contributed by atoms with Gasteiger partial charge in [-0.2, -0.15) is 5.10 Å². The van der Waals surface area contributed by atoms with E-state index in [2.05, 4.69) is 15.1 Å². The Hall–Kier alpha value is -2.11. The van der Waals surface area contributed by atoms with Crippen molar-refractivity contribution in [2.24, 2.45) is 7.05 Å². The summed E-state index contributed by atoms with van der Waals surface area (Å²) in [5, 5.41) is 3.98. The van der Waals surface area contributed by atoms with E-state index in [1.807, 2.05) is 0 Å². The van der Waals surface area contributed by atoms with Gasteiger partial charge in [-0.15, -0.1) is 0 Å². The predicted octanol–water partition coefficient (Wildman–Crippen LogP) is -0.247. The van der Waals surface area contributed by atoms with E-state index in [1.165, 1.54) is 6.07 Å². The van der Waals surface area contributed by atoms with Crippen LogP contribution < -0.4 is 11.3 Å². The molecule has 0 spiro atoms. The van der Waals surface area contributed by atoms with Crippen molar-refractivity contribution in [1.82, 2.24) is 19.7 Å². The second kappa shape index (κ2) is 2.99. The summed E-state index contributed by atoms with van der Waals surface area (Å²) in [4.78, 5) is 17.5. The Kier molecular flexibility index (Phi) is 1.81. The Labute approximate surface area is 79.4 Å². The minimum Gasteiger partial charge on any atom is -0.369 e. The molecule has 2 aromatic heterocycles. The number of nitrogens with zero attached hydrogens (tertiary/aromatic N) is 3. The predicted molar refractivity (Wildman–Crippen MR) is 51.5 cm³/mol. The fraction of sp³-hybridized carbons (Fsp3) is 0.125. The molecule has 0 amide bonds. The van der Waals surface area contributed by atoms with Crippen molar-refractivity contribution in [2.75, 3.05) is 5.73 Å². The van der Waals surface area contributed by atoms with Gasteiger partial charge in [-0.1, -0.05) is 0 Å². The number of nitrogen functional groups attached to an aromatic ring is 1. The average Bonchev–Trinajstić information content (AvgIpc) is 2.49. The zero-order chi connectivity index (χ0) is 10.1. The lowest BCUT2D eigenvalue weighted by molar-refractivity contribution is 0.773. The third kappa shape index (κ3) is 1.37. The Balaban J connectivity index is 2.63. The molecular weight excluding hydrogens is 182 g/mol. The van der Waals surface area contributed by atoms with E-state index >= 15 is 0 Å². The van der Waals surface area contributed by atoms with Crippen LogP contribution in [0.3, 0.4) is 0 Å². The SMILES string of the molecule is Cn1nccc1-c1cc(=O)[nH]c(N)n1. The highest BCUT2D eigenvalue weighted by Gasteiger charge is 2.05. The topological polar surface area (TPSA) is 89.6 Å². The first-order valence-electron chi connectivity index (χ1n) is 4.02. The van der Waals surface area contributed by atoms with E-state index in [0.717, 1.165) is 5.69 Å². The maximum atomic E-state index is 11.1. The molecule has 72 valence electrons. The average molecular weight is 191 g/mol. The molecule has 0 aliphatic carbocycles. The van der Waals surface area contributed by atoms with E-state index in [9.17, 15) is 4.79 Å². The van der Waals surface area contributed by atoms with Crippen LogP contribution in [0.15, 0.2) is 23.1 Å². The molecule has 14 heavy (non-hydrogen) atoms. The fourth-order valence-electron chi connectivity index (χ4n) is 1.23. The molecule has 0 aliphatic rings. The van der Waals surface area contributed by atoms with Gasteiger partial charge < -0.3 is 5.73 Å². The highest BCUT2D eigenvalue weighted by molar-refractivity contribution is 5.54. The molecular formula is C8H9N5O. The van der Waals surface area contributed by atoms with Crippen molar-refractivity contribution < 1.29 is 0 Å². The molecule has 0 atom stereocenters. The summed E-state index contributed by atoms with van der Waals surface area (Å²) in [7, 11) is 1.77. The van der Waals surface area contributed by atoms with Gasteiger partial charge in [0.2, 0.25) is 5.95 Å². The van der Waals surface area contributed by atoms with E-state index in [4.69, 9.17) is 5.73 Å². The van der Waals surface area contributed by atoms with Gasteiger partial charge >= 0.3 is 0 Å². The summed E-state index contributed by atoms with van der Waals surface area (Å²) in [6, 6.07) is 3.15. The third-order valence-corrected chi connectivity index (χ3v) is 1.84. The second-order valence-corrected chi connectivity index (χ2v) is 2.86.